The maximum atomic E-state index is 14.7. The van der Waals surface area contributed by atoms with Crippen LogP contribution in [0, 0.1) is 23.7 Å². The Morgan fingerprint density at radius 1 is 1.27 bits per heavy atom. The van der Waals surface area contributed by atoms with E-state index in [1.165, 1.54) is 11.0 Å². The number of hydrogen-bond donors (Lipinski definition) is 1. The van der Waals surface area contributed by atoms with Gasteiger partial charge in [0.15, 0.2) is 0 Å². The van der Waals surface area contributed by atoms with Gasteiger partial charge in [0.2, 0.25) is 5.91 Å². The topological polar surface area (TPSA) is 106 Å². The number of benzene rings is 1. The monoisotopic (exact) mass is 554 g/mol. The van der Waals surface area contributed by atoms with E-state index in [1.54, 1.807) is 42.4 Å². The molecule has 3 unspecified atom stereocenters. The van der Waals surface area contributed by atoms with Gasteiger partial charge in [-0.2, -0.15) is 0 Å². The number of anilines is 1. The summed E-state index contributed by atoms with van der Waals surface area (Å²) in [4.78, 5) is 45.7. The van der Waals surface area contributed by atoms with E-state index >= 15 is 0 Å². The second-order valence-corrected chi connectivity index (χ2v) is 11.4. The largest absolute Gasteiger partial charge is 0.497 e. The third-order valence-corrected chi connectivity index (χ3v) is 9.39. The number of carbonyl (C=O) groups excluding carboxylic acids is 3. The molecule has 3 aliphatic heterocycles. The Labute approximate surface area is 236 Å². The summed E-state index contributed by atoms with van der Waals surface area (Å²) >= 11 is 0. The lowest BCUT2D eigenvalue weighted by molar-refractivity contribution is -0.162. The maximum absolute atomic E-state index is 14.7. The Bertz CT molecular complexity index is 1150. The van der Waals surface area contributed by atoms with Crippen molar-refractivity contribution in [2.75, 3.05) is 31.8 Å². The van der Waals surface area contributed by atoms with Crippen molar-refractivity contribution in [3.05, 3.63) is 49.6 Å². The number of methoxy groups -OCH3 is 1. The molecule has 0 aromatic heterocycles. The molecule has 1 aromatic carbocycles. The summed E-state index contributed by atoms with van der Waals surface area (Å²) in [6, 6.07) is 5.39. The lowest BCUT2D eigenvalue weighted by Gasteiger charge is -2.41. The second kappa shape index (κ2) is 11.4. The summed E-state index contributed by atoms with van der Waals surface area (Å²) in [6.45, 7) is 15.1. The fourth-order valence-corrected chi connectivity index (χ4v) is 7.08. The highest BCUT2D eigenvalue weighted by Gasteiger charge is 2.81. The first-order valence-electron chi connectivity index (χ1n) is 14.0. The van der Waals surface area contributed by atoms with Crippen molar-refractivity contribution in [3.63, 3.8) is 0 Å². The third-order valence-electron chi connectivity index (χ3n) is 9.39. The van der Waals surface area contributed by atoms with Crippen LogP contribution < -0.4 is 9.64 Å². The molecule has 0 saturated carbocycles. The van der Waals surface area contributed by atoms with Crippen molar-refractivity contribution < 1.29 is 33.7 Å². The van der Waals surface area contributed by atoms with Crippen molar-refractivity contribution in [1.29, 1.82) is 0 Å². The molecular formula is C31H42N2O7. The minimum atomic E-state index is -1.26. The lowest BCUT2D eigenvalue weighted by Crippen LogP contribution is -2.60. The highest BCUT2D eigenvalue weighted by Crippen LogP contribution is 2.66. The molecule has 1 spiro atoms. The van der Waals surface area contributed by atoms with E-state index in [4.69, 9.17) is 14.2 Å². The molecule has 4 rings (SSSR count). The molecule has 1 aromatic rings. The van der Waals surface area contributed by atoms with Crippen LogP contribution in [0.25, 0.3) is 0 Å². The van der Waals surface area contributed by atoms with Gasteiger partial charge in [-0.05, 0) is 49.4 Å². The number of hydrogen-bond acceptors (Lipinski definition) is 7. The summed E-state index contributed by atoms with van der Waals surface area (Å²) in [6.07, 6.45) is 4.21. The first-order valence-corrected chi connectivity index (χ1v) is 14.0. The molecule has 9 heteroatoms. The molecule has 40 heavy (non-hydrogen) atoms. The molecule has 2 bridgehead atoms. The molecule has 0 radical (unpaired) electrons. The van der Waals surface area contributed by atoms with Gasteiger partial charge in [0.25, 0.3) is 5.91 Å². The smallest absolute Gasteiger partial charge is 0.313 e. The molecule has 9 nitrogen and oxygen atoms in total. The molecule has 3 fully saturated rings. The second-order valence-electron chi connectivity index (χ2n) is 11.4. The number of aliphatic hydroxyl groups is 1. The first kappa shape index (κ1) is 29.8. The fourth-order valence-electron chi connectivity index (χ4n) is 7.08. The van der Waals surface area contributed by atoms with Gasteiger partial charge >= 0.3 is 5.97 Å². The molecule has 1 N–H and O–H groups in total. The van der Waals surface area contributed by atoms with Gasteiger partial charge in [-0.1, -0.05) is 45.9 Å². The van der Waals surface area contributed by atoms with Crippen LogP contribution in [0.5, 0.6) is 5.75 Å². The Hall–Kier alpha value is -3.17. The predicted octanol–water partition coefficient (Wildman–Crippen LogP) is 3.36. The van der Waals surface area contributed by atoms with E-state index in [1.807, 2.05) is 27.7 Å². The first-order chi connectivity index (χ1) is 19.1. The molecule has 3 heterocycles. The van der Waals surface area contributed by atoms with Crippen LogP contribution in [0.3, 0.4) is 0 Å². The zero-order chi connectivity index (χ0) is 29.4. The van der Waals surface area contributed by atoms with Gasteiger partial charge in [0, 0.05) is 12.2 Å². The van der Waals surface area contributed by atoms with E-state index in [0.29, 0.717) is 24.3 Å². The standard InChI is InChI=1S/C31H42N2O7/c1-8-15-32(21-11-13-22(38-7)14-12-21)28(36)26-31-17-20(5)30(6,40-31)25(29(37)39-16-9-2)24(31)27(35)33(26)23(18-34)19(4)10-3/h8-9,11-14,19-20,23-26,34H,1-2,10,15-18H2,3-7H3/t19-,20?,23-,24-,25-,26?,30+,31?/m0/s1. The van der Waals surface area contributed by atoms with Crippen molar-refractivity contribution in [3.8, 4) is 5.75 Å². The van der Waals surface area contributed by atoms with Crippen LogP contribution in [0.1, 0.15) is 40.5 Å². The summed E-state index contributed by atoms with van der Waals surface area (Å²) < 4.78 is 17.5. The van der Waals surface area contributed by atoms with Gasteiger partial charge < -0.3 is 29.1 Å². The number of nitrogens with zero attached hydrogens (tertiary/aromatic N) is 2. The molecular weight excluding hydrogens is 512 g/mol. The van der Waals surface area contributed by atoms with Gasteiger partial charge in [0.05, 0.1) is 31.3 Å². The van der Waals surface area contributed by atoms with Crippen molar-refractivity contribution in [2.24, 2.45) is 23.7 Å². The van der Waals surface area contributed by atoms with Crippen LogP contribution in [0.4, 0.5) is 5.69 Å². The highest BCUT2D eigenvalue weighted by atomic mass is 16.6. The Morgan fingerprint density at radius 2 is 1.95 bits per heavy atom. The van der Waals surface area contributed by atoms with Gasteiger partial charge in [-0.3, -0.25) is 14.4 Å². The fraction of sp³-hybridized carbons (Fsp3) is 0.581. The minimum absolute atomic E-state index is 0.0104. The van der Waals surface area contributed by atoms with Crippen LogP contribution in [0.2, 0.25) is 0 Å². The number of rotatable bonds is 12. The summed E-state index contributed by atoms with van der Waals surface area (Å²) in [5.41, 5.74) is -1.64. The number of ether oxygens (including phenoxy) is 3. The number of carbonyl (C=O) groups is 3. The third kappa shape index (κ3) is 4.43. The molecule has 3 saturated heterocycles. The van der Waals surface area contributed by atoms with Crippen LogP contribution in [-0.2, 0) is 23.9 Å². The number of esters is 1. The van der Waals surface area contributed by atoms with E-state index in [0.717, 1.165) is 0 Å². The van der Waals surface area contributed by atoms with Crippen molar-refractivity contribution in [1.82, 2.24) is 4.90 Å². The molecule has 218 valence electrons. The summed E-state index contributed by atoms with van der Waals surface area (Å²) in [7, 11) is 1.57. The Kier molecular flexibility index (Phi) is 8.47. The zero-order valence-electron chi connectivity index (χ0n) is 24.2. The van der Waals surface area contributed by atoms with Crippen LogP contribution in [0.15, 0.2) is 49.6 Å². The molecule has 3 aliphatic rings. The van der Waals surface area contributed by atoms with Gasteiger partial charge in [0.1, 0.15) is 29.9 Å². The summed E-state index contributed by atoms with van der Waals surface area (Å²) in [5.74, 6) is -2.65. The average Bonchev–Trinajstić information content (AvgIpc) is 3.47. The van der Waals surface area contributed by atoms with Crippen LogP contribution >= 0.6 is 0 Å². The molecule has 2 amide bonds. The maximum Gasteiger partial charge on any atom is 0.313 e. The molecule has 0 aliphatic carbocycles. The SMILES string of the molecule is C=CCOC(=O)[C@@H]1[C@H]2C(=O)N([C@@H](CO)[C@@H](C)CC)C(C(=O)N(CC=C)c3ccc(OC)cc3)C23CC(C)[C@@]1(C)O3. The number of likely N-dealkylation sites (tertiary alicyclic amines) is 1. The highest BCUT2D eigenvalue weighted by molar-refractivity contribution is 6.05. The number of amides is 2. The average molecular weight is 555 g/mol. The molecule has 8 atom stereocenters. The Balaban J connectivity index is 1.88. The predicted molar refractivity (Wildman–Crippen MR) is 151 cm³/mol. The van der Waals surface area contributed by atoms with E-state index < -0.39 is 41.1 Å². The Morgan fingerprint density at radius 3 is 2.50 bits per heavy atom. The zero-order valence-corrected chi connectivity index (χ0v) is 24.2. The lowest BCUT2D eigenvalue weighted by atomic mass is 9.62. The van der Waals surface area contributed by atoms with Gasteiger partial charge in [-0.15, -0.1) is 6.58 Å². The van der Waals surface area contributed by atoms with E-state index in [2.05, 4.69) is 13.2 Å². The summed E-state index contributed by atoms with van der Waals surface area (Å²) in [5, 5.41) is 10.6. The van der Waals surface area contributed by atoms with Crippen molar-refractivity contribution >= 4 is 23.5 Å². The number of aliphatic hydroxyl groups excluding tert-OH is 1. The number of fused-ring (bicyclic) bond motifs is 1. The van der Waals surface area contributed by atoms with E-state index in [-0.39, 0.29) is 43.4 Å². The van der Waals surface area contributed by atoms with Crippen LogP contribution in [-0.4, -0.2) is 77.9 Å². The minimum Gasteiger partial charge on any atom is -0.497 e. The van der Waals surface area contributed by atoms with Crippen molar-refractivity contribution in [2.45, 2.75) is 63.8 Å². The van der Waals surface area contributed by atoms with E-state index in [9.17, 15) is 19.5 Å². The quantitative estimate of drug-likeness (QED) is 0.312. The normalized spacial score (nSPS) is 31.9. The van der Waals surface area contributed by atoms with Gasteiger partial charge in [-0.25, -0.2) is 0 Å².